The van der Waals surface area contributed by atoms with Crippen LogP contribution in [0.25, 0.3) is 0 Å². The first-order valence-corrected chi connectivity index (χ1v) is 9.36. The first kappa shape index (κ1) is 18.8. The standard InChI is InChI=1S/C20H31NO3/c1-2-3-4-5-6-14-24-19-11-9-17(10-12-19)15-21-13-7-8-18(16-21)20(22)23/h9-12,18H,2-8,13-16H2,1H3,(H,22,23). The second-order valence-electron chi connectivity index (χ2n) is 6.82. The molecule has 4 heteroatoms. The number of ether oxygens (including phenoxy) is 1. The largest absolute Gasteiger partial charge is 0.494 e. The van der Waals surface area contributed by atoms with E-state index < -0.39 is 5.97 Å². The number of carbonyl (C=O) groups is 1. The number of carboxylic acids is 1. The van der Waals surface area contributed by atoms with Gasteiger partial charge in [-0.3, -0.25) is 9.69 Å². The molecular weight excluding hydrogens is 302 g/mol. The van der Waals surface area contributed by atoms with Crippen LogP contribution in [0.3, 0.4) is 0 Å². The minimum absolute atomic E-state index is 0.214. The summed E-state index contributed by atoms with van der Waals surface area (Å²) in [6.45, 7) is 5.48. The number of hydrogen-bond donors (Lipinski definition) is 1. The van der Waals surface area contributed by atoms with Gasteiger partial charge in [-0.1, -0.05) is 44.7 Å². The highest BCUT2D eigenvalue weighted by atomic mass is 16.5. The average molecular weight is 333 g/mol. The predicted molar refractivity (Wildman–Crippen MR) is 96.3 cm³/mol. The van der Waals surface area contributed by atoms with Gasteiger partial charge in [0.2, 0.25) is 0 Å². The fourth-order valence-electron chi connectivity index (χ4n) is 3.25. The fourth-order valence-corrected chi connectivity index (χ4v) is 3.25. The van der Waals surface area contributed by atoms with E-state index in [0.29, 0.717) is 6.54 Å². The molecule has 1 unspecified atom stereocenters. The average Bonchev–Trinajstić information content (AvgIpc) is 2.59. The molecule has 1 aromatic rings. The summed E-state index contributed by atoms with van der Waals surface area (Å²) in [5.74, 6) is 0.0488. The molecule has 24 heavy (non-hydrogen) atoms. The molecule has 4 nitrogen and oxygen atoms in total. The lowest BCUT2D eigenvalue weighted by Crippen LogP contribution is -2.38. The normalized spacial score (nSPS) is 18.5. The van der Waals surface area contributed by atoms with Gasteiger partial charge >= 0.3 is 5.97 Å². The second kappa shape index (κ2) is 10.3. The lowest BCUT2D eigenvalue weighted by atomic mass is 9.98. The first-order valence-electron chi connectivity index (χ1n) is 9.36. The zero-order valence-electron chi connectivity index (χ0n) is 14.9. The molecule has 1 atom stereocenters. The van der Waals surface area contributed by atoms with Crippen molar-refractivity contribution in [1.82, 2.24) is 4.90 Å². The Morgan fingerprint density at radius 1 is 1.21 bits per heavy atom. The van der Waals surface area contributed by atoms with Crippen LogP contribution in [0.5, 0.6) is 5.75 Å². The summed E-state index contributed by atoms with van der Waals surface area (Å²) in [4.78, 5) is 13.4. The van der Waals surface area contributed by atoms with E-state index in [0.717, 1.165) is 44.7 Å². The molecule has 0 spiro atoms. The maximum absolute atomic E-state index is 11.1. The highest BCUT2D eigenvalue weighted by Gasteiger charge is 2.25. The quantitative estimate of drug-likeness (QED) is 0.647. The second-order valence-corrected chi connectivity index (χ2v) is 6.82. The Balaban J connectivity index is 1.70. The molecule has 1 saturated heterocycles. The number of aliphatic carboxylic acids is 1. The van der Waals surface area contributed by atoms with Gasteiger partial charge in [0.25, 0.3) is 0 Å². The molecule has 0 radical (unpaired) electrons. The van der Waals surface area contributed by atoms with Crippen molar-refractivity contribution in [3.8, 4) is 5.75 Å². The molecule has 0 aliphatic carbocycles. The molecule has 1 aliphatic rings. The van der Waals surface area contributed by atoms with E-state index >= 15 is 0 Å². The van der Waals surface area contributed by atoms with Crippen molar-refractivity contribution in [3.05, 3.63) is 29.8 Å². The summed E-state index contributed by atoms with van der Waals surface area (Å²) in [6.07, 6.45) is 8.01. The van der Waals surface area contributed by atoms with Gasteiger partial charge in [-0.2, -0.15) is 0 Å². The van der Waals surface area contributed by atoms with Crippen molar-refractivity contribution in [2.24, 2.45) is 5.92 Å². The molecule has 0 aromatic heterocycles. The molecule has 1 fully saturated rings. The summed E-state index contributed by atoms with van der Waals surface area (Å²) in [5.41, 5.74) is 1.22. The Kier molecular flexibility index (Phi) is 8.10. The summed E-state index contributed by atoms with van der Waals surface area (Å²) >= 11 is 0. The molecule has 1 N–H and O–H groups in total. The third kappa shape index (κ3) is 6.52. The van der Waals surface area contributed by atoms with E-state index in [4.69, 9.17) is 9.84 Å². The Hall–Kier alpha value is -1.55. The molecule has 0 bridgehead atoms. The van der Waals surface area contributed by atoms with Crippen LogP contribution in [0.2, 0.25) is 0 Å². The van der Waals surface area contributed by atoms with Gasteiger partial charge in [-0.05, 0) is 43.5 Å². The minimum Gasteiger partial charge on any atom is -0.494 e. The van der Waals surface area contributed by atoms with Gasteiger partial charge in [0.1, 0.15) is 5.75 Å². The Labute approximate surface area is 145 Å². The summed E-state index contributed by atoms with van der Waals surface area (Å²) in [5, 5.41) is 9.17. The zero-order chi connectivity index (χ0) is 17.2. The van der Waals surface area contributed by atoms with Crippen molar-refractivity contribution >= 4 is 5.97 Å². The number of nitrogens with zero attached hydrogens (tertiary/aromatic N) is 1. The number of benzene rings is 1. The molecule has 1 aromatic carbocycles. The predicted octanol–water partition coefficient (Wildman–Crippen LogP) is 4.33. The molecule has 134 valence electrons. The van der Waals surface area contributed by atoms with E-state index in [9.17, 15) is 4.79 Å². The van der Waals surface area contributed by atoms with Crippen molar-refractivity contribution in [2.75, 3.05) is 19.7 Å². The molecule has 1 aliphatic heterocycles. The van der Waals surface area contributed by atoms with Crippen LogP contribution in [0, 0.1) is 5.92 Å². The van der Waals surface area contributed by atoms with Crippen LogP contribution in [0.15, 0.2) is 24.3 Å². The number of rotatable bonds is 10. The SMILES string of the molecule is CCCCCCCOc1ccc(CN2CCCC(C(=O)O)C2)cc1. The summed E-state index contributed by atoms with van der Waals surface area (Å²) in [6, 6.07) is 8.24. The minimum atomic E-state index is -0.664. The summed E-state index contributed by atoms with van der Waals surface area (Å²) < 4.78 is 5.79. The Morgan fingerprint density at radius 2 is 1.96 bits per heavy atom. The number of hydrogen-bond acceptors (Lipinski definition) is 3. The third-order valence-corrected chi connectivity index (χ3v) is 4.70. The Morgan fingerprint density at radius 3 is 2.67 bits per heavy atom. The van der Waals surface area contributed by atoms with Crippen LogP contribution >= 0.6 is 0 Å². The zero-order valence-corrected chi connectivity index (χ0v) is 14.9. The molecule has 2 rings (SSSR count). The van der Waals surface area contributed by atoms with Crippen molar-refractivity contribution in [1.29, 1.82) is 0 Å². The summed E-state index contributed by atoms with van der Waals surface area (Å²) in [7, 11) is 0. The number of carboxylic acid groups (broad SMARTS) is 1. The van der Waals surface area contributed by atoms with Crippen LogP contribution in [-0.2, 0) is 11.3 Å². The van der Waals surface area contributed by atoms with Gasteiger partial charge in [0.05, 0.1) is 12.5 Å². The smallest absolute Gasteiger partial charge is 0.307 e. The van der Waals surface area contributed by atoms with Crippen LogP contribution in [-0.4, -0.2) is 35.7 Å². The van der Waals surface area contributed by atoms with Gasteiger partial charge < -0.3 is 9.84 Å². The van der Waals surface area contributed by atoms with E-state index in [-0.39, 0.29) is 5.92 Å². The number of unbranched alkanes of at least 4 members (excludes halogenated alkanes) is 4. The number of likely N-dealkylation sites (tertiary alicyclic amines) is 1. The molecule has 0 amide bonds. The van der Waals surface area contributed by atoms with Crippen LogP contribution < -0.4 is 4.74 Å². The Bertz CT molecular complexity index is 486. The van der Waals surface area contributed by atoms with E-state index in [2.05, 4.69) is 24.0 Å². The highest BCUT2D eigenvalue weighted by molar-refractivity contribution is 5.70. The molecular formula is C20H31NO3. The number of piperidine rings is 1. The van der Waals surface area contributed by atoms with Crippen molar-refractivity contribution < 1.29 is 14.6 Å². The van der Waals surface area contributed by atoms with Crippen molar-refractivity contribution in [2.45, 2.75) is 58.4 Å². The third-order valence-electron chi connectivity index (χ3n) is 4.70. The van der Waals surface area contributed by atoms with E-state index in [1.807, 2.05) is 12.1 Å². The molecule has 1 heterocycles. The highest BCUT2D eigenvalue weighted by Crippen LogP contribution is 2.20. The van der Waals surface area contributed by atoms with Crippen LogP contribution in [0.4, 0.5) is 0 Å². The van der Waals surface area contributed by atoms with Gasteiger partial charge in [0, 0.05) is 13.1 Å². The lowest BCUT2D eigenvalue weighted by Gasteiger charge is -2.30. The lowest BCUT2D eigenvalue weighted by molar-refractivity contribution is -0.143. The van der Waals surface area contributed by atoms with Gasteiger partial charge in [-0.15, -0.1) is 0 Å². The topological polar surface area (TPSA) is 49.8 Å². The van der Waals surface area contributed by atoms with E-state index in [1.165, 1.54) is 31.2 Å². The molecule has 0 saturated carbocycles. The van der Waals surface area contributed by atoms with Gasteiger partial charge in [0.15, 0.2) is 0 Å². The van der Waals surface area contributed by atoms with E-state index in [1.54, 1.807) is 0 Å². The monoisotopic (exact) mass is 333 g/mol. The maximum atomic E-state index is 11.1. The fraction of sp³-hybridized carbons (Fsp3) is 0.650. The van der Waals surface area contributed by atoms with Gasteiger partial charge in [-0.25, -0.2) is 0 Å². The first-order chi connectivity index (χ1) is 11.7. The van der Waals surface area contributed by atoms with Crippen molar-refractivity contribution in [3.63, 3.8) is 0 Å². The van der Waals surface area contributed by atoms with Crippen LogP contribution in [0.1, 0.15) is 57.4 Å². The maximum Gasteiger partial charge on any atom is 0.307 e.